The van der Waals surface area contributed by atoms with Crippen molar-refractivity contribution in [3.05, 3.63) is 28.2 Å². The van der Waals surface area contributed by atoms with Crippen LogP contribution in [0.1, 0.15) is 38.9 Å². The Morgan fingerprint density at radius 3 is 2.44 bits per heavy atom. The van der Waals surface area contributed by atoms with Gasteiger partial charge in [0.15, 0.2) is 0 Å². The molecule has 0 aromatic heterocycles. The lowest BCUT2D eigenvalue weighted by Crippen LogP contribution is -2.39. The van der Waals surface area contributed by atoms with E-state index in [0.29, 0.717) is 0 Å². The summed E-state index contributed by atoms with van der Waals surface area (Å²) < 4.78 is 1.03. The fourth-order valence-electron chi connectivity index (χ4n) is 3.01. The zero-order valence-electron chi connectivity index (χ0n) is 11.4. The molecule has 0 aliphatic carbocycles. The van der Waals surface area contributed by atoms with Gasteiger partial charge in [0.25, 0.3) is 0 Å². The third-order valence-electron chi connectivity index (χ3n) is 3.65. The van der Waals surface area contributed by atoms with Gasteiger partial charge in [0, 0.05) is 28.8 Å². The summed E-state index contributed by atoms with van der Waals surface area (Å²) in [6, 6.07) is 6.21. The quantitative estimate of drug-likeness (QED) is 0.893. The van der Waals surface area contributed by atoms with Gasteiger partial charge in [0.05, 0.1) is 6.10 Å². The van der Waals surface area contributed by atoms with Crippen LogP contribution in [0.2, 0.25) is 0 Å². The van der Waals surface area contributed by atoms with Crippen molar-refractivity contribution < 1.29 is 5.11 Å². The average molecular weight is 312 g/mol. The van der Waals surface area contributed by atoms with Crippen molar-refractivity contribution in [2.45, 2.75) is 33.3 Å². The second kappa shape index (κ2) is 5.62. The molecular weight excluding hydrogens is 290 g/mol. The number of hydrogen-bond donors (Lipinski definition) is 1. The first kappa shape index (κ1) is 13.9. The Bertz CT molecular complexity index is 409. The van der Waals surface area contributed by atoms with E-state index in [-0.39, 0.29) is 0 Å². The molecule has 1 N–H and O–H groups in total. The fourth-order valence-corrected chi connectivity index (χ4v) is 3.39. The lowest BCUT2D eigenvalue weighted by Gasteiger charge is -2.38. The van der Waals surface area contributed by atoms with Crippen LogP contribution in [0.4, 0.5) is 5.69 Å². The second-order valence-electron chi connectivity index (χ2n) is 5.73. The SMILES string of the molecule is CC1CC(C)CN(c2ccc(Br)cc2C(C)O)C1. The van der Waals surface area contributed by atoms with Crippen molar-refractivity contribution in [2.24, 2.45) is 11.8 Å². The lowest BCUT2D eigenvalue weighted by molar-refractivity contribution is 0.199. The van der Waals surface area contributed by atoms with Gasteiger partial charge in [-0.2, -0.15) is 0 Å². The number of piperidine rings is 1. The molecule has 3 heteroatoms. The number of anilines is 1. The minimum absolute atomic E-state index is 0.426. The Morgan fingerprint density at radius 1 is 1.28 bits per heavy atom. The van der Waals surface area contributed by atoms with Gasteiger partial charge in [-0.1, -0.05) is 29.8 Å². The number of aliphatic hydroxyl groups excluding tert-OH is 1. The number of nitrogens with zero attached hydrogens (tertiary/aromatic N) is 1. The number of halogens is 1. The van der Waals surface area contributed by atoms with Crippen LogP contribution < -0.4 is 4.90 Å². The van der Waals surface area contributed by atoms with Crippen LogP contribution >= 0.6 is 15.9 Å². The molecule has 1 fully saturated rings. The Balaban J connectivity index is 2.32. The normalized spacial score (nSPS) is 26.2. The number of aliphatic hydroxyl groups is 1. The maximum Gasteiger partial charge on any atom is 0.0782 e. The second-order valence-corrected chi connectivity index (χ2v) is 6.65. The summed E-state index contributed by atoms with van der Waals surface area (Å²) in [5.41, 5.74) is 2.21. The first-order chi connectivity index (χ1) is 8.47. The Kier molecular flexibility index (Phi) is 4.33. The predicted octanol–water partition coefficient (Wildman–Crippen LogP) is 3.98. The summed E-state index contributed by atoms with van der Waals surface area (Å²) in [7, 11) is 0. The standard InChI is InChI=1S/C15H22BrNO/c1-10-6-11(2)9-17(8-10)15-5-4-13(16)7-14(15)12(3)18/h4-5,7,10-12,18H,6,8-9H2,1-3H3. The topological polar surface area (TPSA) is 23.5 Å². The summed E-state index contributed by atoms with van der Waals surface area (Å²) in [5, 5.41) is 9.94. The van der Waals surface area contributed by atoms with E-state index in [4.69, 9.17) is 0 Å². The van der Waals surface area contributed by atoms with Crippen LogP contribution in [0.25, 0.3) is 0 Å². The molecule has 100 valence electrons. The molecule has 2 nitrogen and oxygen atoms in total. The Hall–Kier alpha value is -0.540. The van der Waals surface area contributed by atoms with Crippen LogP contribution in [0, 0.1) is 11.8 Å². The van der Waals surface area contributed by atoms with Gasteiger partial charge in [-0.15, -0.1) is 0 Å². The molecule has 1 aromatic rings. The van der Waals surface area contributed by atoms with Crippen LogP contribution in [-0.2, 0) is 0 Å². The van der Waals surface area contributed by atoms with Crippen molar-refractivity contribution >= 4 is 21.6 Å². The molecule has 0 radical (unpaired) electrons. The van der Waals surface area contributed by atoms with Gasteiger partial charge in [0.2, 0.25) is 0 Å². The molecule has 1 aromatic carbocycles. The van der Waals surface area contributed by atoms with Crippen LogP contribution in [0.15, 0.2) is 22.7 Å². The third-order valence-corrected chi connectivity index (χ3v) is 4.14. The number of hydrogen-bond acceptors (Lipinski definition) is 2. The van der Waals surface area contributed by atoms with Crippen molar-refractivity contribution in [3.63, 3.8) is 0 Å². The van der Waals surface area contributed by atoms with E-state index in [9.17, 15) is 5.11 Å². The van der Waals surface area contributed by atoms with Gasteiger partial charge in [-0.05, 0) is 43.4 Å². The highest BCUT2D eigenvalue weighted by molar-refractivity contribution is 9.10. The van der Waals surface area contributed by atoms with E-state index in [0.717, 1.165) is 35.0 Å². The highest BCUT2D eigenvalue weighted by Crippen LogP contribution is 2.33. The highest BCUT2D eigenvalue weighted by Gasteiger charge is 2.24. The Labute approximate surface area is 118 Å². The molecule has 1 aliphatic heterocycles. The molecule has 0 amide bonds. The molecule has 2 rings (SSSR count). The molecule has 1 heterocycles. The molecule has 3 atom stereocenters. The molecule has 0 bridgehead atoms. The third kappa shape index (κ3) is 3.07. The van der Waals surface area contributed by atoms with E-state index < -0.39 is 6.10 Å². The minimum atomic E-state index is -0.426. The van der Waals surface area contributed by atoms with E-state index in [1.807, 2.05) is 13.0 Å². The van der Waals surface area contributed by atoms with Gasteiger partial charge < -0.3 is 10.0 Å². The minimum Gasteiger partial charge on any atom is -0.389 e. The summed E-state index contributed by atoms with van der Waals surface area (Å²) in [6.07, 6.45) is 0.877. The summed E-state index contributed by atoms with van der Waals surface area (Å²) in [5.74, 6) is 1.44. The van der Waals surface area contributed by atoms with Crippen molar-refractivity contribution in [1.29, 1.82) is 0 Å². The van der Waals surface area contributed by atoms with E-state index in [1.165, 1.54) is 12.1 Å². The van der Waals surface area contributed by atoms with Crippen LogP contribution in [0.3, 0.4) is 0 Å². The maximum absolute atomic E-state index is 9.94. The lowest BCUT2D eigenvalue weighted by atomic mass is 9.91. The van der Waals surface area contributed by atoms with Crippen molar-refractivity contribution in [2.75, 3.05) is 18.0 Å². The maximum atomic E-state index is 9.94. The molecule has 3 unspecified atom stereocenters. The summed E-state index contributed by atoms with van der Waals surface area (Å²) >= 11 is 3.48. The summed E-state index contributed by atoms with van der Waals surface area (Å²) in [4.78, 5) is 2.42. The zero-order chi connectivity index (χ0) is 13.3. The van der Waals surface area contributed by atoms with Gasteiger partial charge >= 0.3 is 0 Å². The first-order valence-electron chi connectivity index (χ1n) is 6.69. The largest absolute Gasteiger partial charge is 0.389 e. The fraction of sp³-hybridized carbons (Fsp3) is 0.600. The van der Waals surface area contributed by atoms with Gasteiger partial charge in [-0.3, -0.25) is 0 Å². The molecular formula is C15H22BrNO. The van der Waals surface area contributed by atoms with Crippen molar-refractivity contribution in [3.8, 4) is 0 Å². The zero-order valence-corrected chi connectivity index (χ0v) is 12.9. The smallest absolute Gasteiger partial charge is 0.0782 e. The highest BCUT2D eigenvalue weighted by atomic mass is 79.9. The molecule has 18 heavy (non-hydrogen) atoms. The monoisotopic (exact) mass is 311 g/mol. The van der Waals surface area contributed by atoms with E-state index in [1.54, 1.807) is 0 Å². The Morgan fingerprint density at radius 2 is 1.89 bits per heavy atom. The first-order valence-corrected chi connectivity index (χ1v) is 7.49. The van der Waals surface area contributed by atoms with E-state index in [2.05, 4.69) is 46.8 Å². The average Bonchev–Trinajstić information content (AvgIpc) is 2.27. The molecule has 0 saturated carbocycles. The van der Waals surface area contributed by atoms with E-state index >= 15 is 0 Å². The van der Waals surface area contributed by atoms with Crippen LogP contribution in [-0.4, -0.2) is 18.2 Å². The number of rotatable bonds is 2. The van der Waals surface area contributed by atoms with Gasteiger partial charge in [-0.25, -0.2) is 0 Å². The molecule has 1 saturated heterocycles. The van der Waals surface area contributed by atoms with Crippen LogP contribution in [0.5, 0.6) is 0 Å². The number of benzene rings is 1. The predicted molar refractivity (Wildman–Crippen MR) is 79.9 cm³/mol. The molecule has 0 spiro atoms. The molecule has 1 aliphatic rings. The van der Waals surface area contributed by atoms with Gasteiger partial charge in [0.1, 0.15) is 0 Å². The van der Waals surface area contributed by atoms with Crippen molar-refractivity contribution in [1.82, 2.24) is 0 Å². The summed E-state index contributed by atoms with van der Waals surface area (Å²) in [6.45, 7) is 8.63.